The lowest BCUT2D eigenvalue weighted by Gasteiger charge is -2.22. The fourth-order valence-corrected chi connectivity index (χ4v) is 3.11. The lowest BCUT2D eigenvalue weighted by atomic mass is 10.1. The molecule has 2 rings (SSSR count). The number of nitrogen functional groups attached to an aromatic ring is 1. The van der Waals surface area contributed by atoms with E-state index in [0.29, 0.717) is 11.9 Å². The van der Waals surface area contributed by atoms with Crippen LogP contribution in [0.3, 0.4) is 0 Å². The maximum Gasteiger partial charge on any atom is 0.142 e. The van der Waals surface area contributed by atoms with Gasteiger partial charge in [-0.1, -0.05) is 6.92 Å². The summed E-state index contributed by atoms with van der Waals surface area (Å²) < 4.78 is 4.20. The monoisotopic (exact) mass is 211 g/mol. The first-order valence-electron chi connectivity index (χ1n) is 5.08. The molecule has 1 aliphatic rings. The number of nitrogens with two attached hydrogens (primary N) is 1. The molecule has 0 spiro atoms. The SMILES string of the molecule is Cc1c(N)nsc1N1CC(C)CC1C. The van der Waals surface area contributed by atoms with E-state index in [2.05, 4.69) is 30.0 Å². The standard InChI is InChI=1S/C10H17N3S/c1-6-4-7(2)13(5-6)10-8(3)9(11)12-14-10/h6-7H,4-5H2,1-3H3,(H2,11,12). The van der Waals surface area contributed by atoms with E-state index in [1.165, 1.54) is 23.0 Å². The highest BCUT2D eigenvalue weighted by molar-refractivity contribution is 7.10. The van der Waals surface area contributed by atoms with Crippen LogP contribution in [0.2, 0.25) is 0 Å². The first-order valence-corrected chi connectivity index (χ1v) is 5.85. The Morgan fingerprint density at radius 3 is 2.64 bits per heavy atom. The number of hydrogen-bond acceptors (Lipinski definition) is 4. The molecule has 0 radical (unpaired) electrons. The largest absolute Gasteiger partial charge is 0.383 e. The van der Waals surface area contributed by atoms with Gasteiger partial charge in [-0.3, -0.25) is 0 Å². The Morgan fingerprint density at radius 1 is 1.50 bits per heavy atom. The number of anilines is 2. The lowest BCUT2D eigenvalue weighted by molar-refractivity contribution is 0.625. The summed E-state index contributed by atoms with van der Waals surface area (Å²) >= 11 is 1.53. The van der Waals surface area contributed by atoms with E-state index in [4.69, 9.17) is 5.73 Å². The van der Waals surface area contributed by atoms with E-state index in [0.717, 1.165) is 18.0 Å². The Hall–Kier alpha value is -0.770. The highest BCUT2D eigenvalue weighted by Crippen LogP contribution is 2.35. The third-order valence-electron chi connectivity index (χ3n) is 2.98. The summed E-state index contributed by atoms with van der Waals surface area (Å²) in [5, 5.41) is 1.26. The molecule has 2 unspecified atom stereocenters. The van der Waals surface area contributed by atoms with E-state index in [1.807, 2.05) is 0 Å². The zero-order valence-electron chi connectivity index (χ0n) is 8.95. The molecule has 1 saturated heterocycles. The van der Waals surface area contributed by atoms with E-state index in [-0.39, 0.29) is 0 Å². The molecule has 3 nitrogen and oxygen atoms in total. The van der Waals surface area contributed by atoms with Gasteiger partial charge in [-0.25, -0.2) is 0 Å². The van der Waals surface area contributed by atoms with Crippen LogP contribution in [0.4, 0.5) is 10.8 Å². The molecular formula is C10H17N3S. The molecule has 1 aromatic rings. The smallest absolute Gasteiger partial charge is 0.142 e. The first-order chi connectivity index (χ1) is 6.59. The van der Waals surface area contributed by atoms with Crippen LogP contribution in [-0.4, -0.2) is 17.0 Å². The number of hydrogen-bond donors (Lipinski definition) is 1. The van der Waals surface area contributed by atoms with Gasteiger partial charge in [0.05, 0.1) is 0 Å². The van der Waals surface area contributed by atoms with E-state index in [1.54, 1.807) is 0 Å². The maximum atomic E-state index is 5.76. The van der Waals surface area contributed by atoms with Crippen LogP contribution in [0.5, 0.6) is 0 Å². The Balaban J connectivity index is 2.27. The summed E-state index contributed by atoms with van der Waals surface area (Å²) in [6.45, 7) is 7.78. The summed E-state index contributed by atoms with van der Waals surface area (Å²) in [4.78, 5) is 2.44. The van der Waals surface area contributed by atoms with Gasteiger partial charge < -0.3 is 10.6 Å². The minimum atomic E-state index is 0.628. The van der Waals surface area contributed by atoms with Crippen molar-refractivity contribution in [2.45, 2.75) is 33.2 Å². The van der Waals surface area contributed by atoms with Gasteiger partial charge >= 0.3 is 0 Å². The Kier molecular flexibility index (Phi) is 2.39. The third-order valence-corrected chi connectivity index (χ3v) is 3.98. The molecule has 0 bridgehead atoms. The molecule has 14 heavy (non-hydrogen) atoms. The van der Waals surface area contributed by atoms with Gasteiger partial charge in [-0.2, -0.15) is 4.37 Å². The van der Waals surface area contributed by atoms with Gasteiger partial charge in [-0.05, 0) is 37.7 Å². The van der Waals surface area contributed by atoms with Crippen molar-refractivity contribution in [3.05, 3.63) is 5.56 Å². The highest BCUT2D eigenvalue weighted by atomic mass is 32.1. The molecule has 4 heteroatoms. The van der Waals surface area contributed by atoms with Crippen LogP contribution < -0.4 is 10.6 Å². The summed E-state index contributed by atoms with van der Waals surface area (Å²) in [5.41, 5.74) is 6.91. The molecule has 1 aromatic heterocycles. The van der Waals surface area contributed by atoms with Crippen molar-refractivity contribution in [3.63, 3.8) is 0 Å². The summed E-state index contributed by atoms with van der Waals surface area (Å²) in [7, 11) is 0. The van der Waals surface area contributed by atoms with Crippen LogP contribution in [-0.2, 0) is 0 Å². The molecule has 2 heterocycles. The van der Waals surface area contributed by atoms with Crippen LogP contribution in [0, 0.1) is 12.8 Å². The zero-order chi connectivity index (χ0) is 10.3. The van der Waals surface area contributed by atoms with Gasteiger partial charge in [0, 0.05) is 18.2 Å². The summed E-state index contributed by atoms with van der Waals surface area (Å²) in [6, 6.07) is 0.628. The van der Waals surface area contributed by atoms with Gasteiger partial charge in [0.2, 0.25) is 0 Å². The van der Waals surface area contributed by atoms with Crippen molar-refractivity contribution in [1.82, 2.24) is 4.37 Å². The quantitative estimate of drug-likeness (QED) is 0.775. The Labute approximate surface area is 89.1 Å². The highest BCUT2D eigenvalue weighted by Gasteiger charge is 2.28. The van der Waals surface area contributed by atoms with Crippen LogP contribution in [0.25, 0.3) is 0 Å². The second-order valence-electron chi connectivity index (χ2n) is 4.34. The van der Waals surface area contributed by atoms with Crippen molar-refractivity contribution in [2.24, 2.45) is 5.92 Å². The molecule has 0 saturated carbocycles. The molecule has 1 fully saturated rings. The Morgan fingerprint density at radius 2 is 2.21 bits per heavy atom. The van der Waals surface area contributed by atoms with Gasteiger partial charge in [-0.15, -0.1) is 0 Å². The molecule has 2 N–H and O–H groups in total. The predicted octanol–water partition coefficient (Wildman–Crippen LogP) is 2.27. The topological polar surface area (TPSA) is 42.1 Å². The molecule has 2 atom stereocenters. The van der Waals surface area contributed by atoms with Crippen LogP contribution in [0.1, 0.15) is 25.8 Å². The van der Waals surface area contributed by atoms with Gasteiger partial charge in [0.15, 0.2) is 0 Å². The molecular weight excluding hydrogens is 194 g/mol. The van der Waals surface area contributed by atoms with Crippen molar-refractivity contribution in [2.75, 3.05) is 17.2 Å². The van der Waals surface area contributed by atoms with Crippen molar-refractivity contribution in [1.29, 1.82) is 0 Å². The first kappa shape index (κ1) is 9.77. The van der Waals surface area contributed by atoms with Crippen LogP contribution >= 0.6 is 11.5 Å². The maximum absolute atomic E-state index is 5.76. The zero-order valence-corrected chi connectivity index (χ0v) is 9.77. The minimum absolute atomic E-state index is 0.628. The minimum Gasteiger partial charge on any atom is -0.383 e. The average molecular weight is 211 g/mol. The fraction of sp³-hybridized carbons (Fsp3) is 0.700. The Bertz CT molecular complexity index is 334. The average Bonchev–Trinajstić information content (AvgIpc) is 2.59. The van der Waals surface area contributed by atoms with Crippen molar-refractivity contribution < 1.29 is 0 Å². The molecule has 1 aliphatic heterocycles. The normalized spacial score (nSPS) is 27.2. The van der Waals surface area contributed by atoms with E-state index in [9.17, 15) is 0 Å². The summed E-state index contributed by atoms with van der Waals surface area (Å²) in [5.74, 6) is 1.48. The second-order valence-corrected chi connectivity index (χ2v) is 5.09. The van der Waals surface area contributed by atoms with Crippen molar-refractivity contribution >= 4 is 22.4 Å². The summed E-state index contributed by atoms with van der Waals surface area (Å²) in [6.07, 6.45) is 1.28. The van der Waals surface area contributed by atoms with Gasteiger partial charge in [0.25, 0.3) is 0 Å². The van der Waals surface area contributed by atoms with E-state index >= 15 is 0 Å². The van der Waals surface area contributed by atoms with Crippen LogP contribution in [0.15, 0.2) is 0 Å². The van der Waals surface area contributed by atoms with Gasteiger partial charge in [0.1, 0.15) is 10.8 Å². The third kappa shape index (κ3) is 1.47. The van der Waals surface area contributed by atoms with E-state index < -0.39 is 0 Å². The molecule has 78 valence electrons. The van der Waals surface area contributed by atoms with Crippen molar-refractivity contribution in [3.8, 4) is 0 Å². The molecule has 0 amide bonds. The molecule has 0 aromatic carbocycles. The fourth-order valence-electron chi connectivity index (χ4n) is 2.19. The second kappa shape index (κ2) is 3.42. The number of nitrogens with zero attached hydrogens (tertiary/aromatic N) is 2. The molecule has 0 aliphatic carbocycles. The number of rotatable bonds is 1. The number of aromatic nitrogens is 1. The predicted molar refractivity (Wildman–Crippen MR) is 61.9 cm³/mol. The lowest BCUT2D eigenvalue weighted by Crippen LogP contribution is -2.26.